The quantitative estimate of drug-likeness (QED) is 0.832. The smallest absolute Gasteiger partial charge is 0.204 e. The summed E-state index contributed by atoms with van der Waals surface area (Å²) < 4.78 is 0. The summed E-state index contributed by atoms with van der Waals surface area (Å²) in [6, 6.07) is 6.25. The highest BCUT2D eigenvalue weighted by molar-refractivity contribution is 5.59. The van der Waals surface area contributed by atoms with E-state index >= 15 is 0 Å². The lowest BCUT2D eigenvalue weighted by atomic mass is 10.0. The van der Waals surface area contributed by atoms with E-state index in [1.165, 1.54) is 5.56 Å². The number of aryl methyl sites for hydroxylation is 1. The van der Waals surface area contributed by atoms with E-state index in [9.17, 15) is 5.11 Å². The van der Waals surface area contributed by atoms with E-state index in [4.69, 9.17) is 0 Å². The maximum absolute atomic E-state index is 9.30. The van der Waals surface area contributed by atoms with Crippen LogP contribution in [0.25, 0.3) is 11.4 Å². The molecule has 20 heavy (non-hydrogen) atoms. The van der Waals surface area contributed by atoms with E-state index in [1.54, 1.807) is 0 Å². The zero-order chi connectivity index (χ0) is 14.5. The maximum Gasteiger partial charge on any atom is 0.204 e. The van der Waals surface area contributed by atoms with Crippen molar-refractivity contribution in [1.29, 1.82) is 0 Å². The topological polar surface area (TPSA) is 77.9 Å². The number of benzene rings is 1. The molecule has 2 rings (SSSR count). The minimum atomic E-state index is -0.250. The van der Waals surface area contributed by atoms with Crippen LogP contribution in [0.2, 0.25) is 0 Å². The maximum atomic E-state index is 9.30. The fourth-order valence-corrected chi connectivity index (χ4v) is 2.15. The second kappa shape index (κ2) is 6.58. The van der Waals surface area contributed by atoms with Gasteiger partial charge in [0.1, 0.15) is 0 Å². The number of aromatic amines is 1. The zero-order valence-electron chi connectivity index (χ0n) is 12.2. The zero-order valence-corrected chi connectivity index (χ0v) is 12.2. The molecule has 0 fully saturated rings. The molecule has 1 atom stereocenters. The molecule has 0 saturated heterocycles. The van der Waals surface area contributed by atoms with Gasteiger partial charge in [0.25, 0.3) is 0 Å². The normalized spacial score (nSPS) is 12.8. The number of aliphatic hydroxyl groups is 1. The van der Waals surface area contributed by atoms with Crippen LogP contribution in [0.5, 0.6) is 0 Å². The number of aromatic nitrogens is 4. The van der Waals surface area contributed by atoms with Crippen molar-refractivity contribution in [1.82, 2.24) is 25.5 Å². The Balaban J connectivity index is 2.02. The molecule has 0 spiro atoms. The van der Waals surface area contributed by atoms with Crippen LogP contribution >= 0.6 is 0 Å². The average molecular weight is 275 g/mol. The van der Waals surface area contributed by atoms with Crippen LogP contribution in [-0.2, 0) is 6.54 Å². The molecule has 1 aromatic carbocycles. The van der Waals surface area contributed by atoms with Gasteiger partial charge >= 0.3 is 0 Å². The molecular formula is C14H21N5O. The molecule has 2 N–H and O–H groups in total. The molecule has 0 bridgehead atoms. The van der Waals surface area contributed by atoms with Crippen LogP contribution in [0.1, 0.15) is 24.5 Å². The number of nitrogens with zero attached hydrogens (tertiary/aromatic N) is 4. The van der Waals surface area contributed by atoms with Crippen molar-refractivity contribution in [2.24, 2.45) is 0 Å². The molecule has 0 aliphatic rings. The third-order valence-electron chi connectivity index (χ3n) is 3.26. The summed E-state index contributed by atoms with van der Waals surface area (Å²) in [6.45, 7) is 5.60. The van der Waals surface area contributed by atoms with E-state index in [-0.39, 0.29) is 6.10 Å². The third kappa shape index (κ3) is 3.85. The van der Waals surface area contributed by atoms with E-state index in [0.717, 1.165) is 30.6 Å². The van der Waals surface area contributed by atoms with Gasteiger partial charge in [-0.25, -0.2) is 0 Å². The molecule has 1 aromatic heterocycles. The molecule has 0 saturated carbocycles. The predicted molar refractivity (Wildman–Crippen MR) is 77.0 cm³/mol. The van der Waals surface area contributed by atoms with Gasteiger partial charge in [-0.15, -0.1) is 10.2 Å². The summed E-state index contributed by atoms with van der Waals surface area (Å²) in [5, 5.41) is 23.4. The van der Waals surface area contributed by atoms with Gasteiger partial charge < -0.3 is 10.0 Å². The minimum absolute atomic E-state index is 0.250. The van der Waals surface area contributed by atoms with Gasteiger partial charge in [0.2, 0.25) is 5.82 Å². The van der Waals surface area contributed by atoms with Gasteiger partial charge in [0.15, 0.2) is 0 Å². The second-order valence-electron chi connectivity index (χ2n) is 5.26. The number of H-pyrrole nitrogens is 1. The second-order valence-corrected chi connectivity index (χ2v) is 5.26. The van der Waals surface area contributed by atoms with Gasteiger partial charge in [-0.05, 0) is 43.7 Å². The van der Waals surface area contributed by atoms with Crippen molar-refractivity contribution >= 4 is 0 Å². The molecule has 0 radical (unpaired) electrons. The van der Waals surface area contributed by atoms with Crippen LogP contribution in [0.15, 0.2) is 18.2 Å². The first-order valence-electron chi connectivity index (χ1n) is 6.76. The number of nitrogens with one attached hydrogen (secondary N) is 1. The monoisotopic (exact) mass is 275 g/mol. The standard InChI is InChI=1S/C14H21N5O/c1-10-8-12(9-19(3)7-6-11(2)20)4-5-13(10)14-15-17-18-16-14/h4-5,8,11,20H,6-7,9H2,1-3H3,(H,15,16,17,18)/t11-/m0/s1. The van der Waals surface area contributed by atoms with Crippen LogP contribution in [0, 0.1) is 6.92 Å². The molecule has 0 aliphatic heterocycles. The molecule has 1 heterocycles. The van der Waals surface area contributed by atoms with Crippen LogP contribution in [0.4, 0.5) is 0 Å². The van der Waals surface area contributed by atoms with Gasteiger partial charge in [-0.3, -0.25) is 0 Å². The first-order chi connectivity index (χ1) is 9.56. The number of aliphatic hydroxyl groups excluding tert-OH is 1. The summed E-state index contributed by atoms with van der Waals surface area (Å²) in [4.78, 5) is 2.20. The SMILES string of the molecule is Cc1cc(CN(C)CC[C@H](C)O)ccc1-c1nn[nH]n1. The molecule has 0 unspecified atom stereocenters. The number of tetrazole rings is 1. The minimum Gasteiger partial charge on any atom is -0.393 e. The molecule has 2 aromatic rings. The highest BCUT2D eigenvalue weighted by Crippen LogP contribution is 2.20. The number of hydrogen-bond acceptors (Lipinski definition) is 5. The number of rotatable bonds is 6. The Morgan fingerprint density at radius 2 is 2.20 bits per heavy atom. The highest BCUT2D eigenvalue weighted by atomic mass is 16.3. The van der Waals surface area contributed by atoms with Gasteiger partial charge in [0, 0.05) is 18.7 Å². The fourth-order valence-electron chi connectivity index (χ4n) is 2.15. The van der Waals surface area contributed by atoms with E-state index in [2.05, 4.69) is 44.7 Å². The van der Waals surface area contributed by atoms with Crippen molar-refractivity contribution in [3.05, 3.63) is 29.3 Å². The van der Waals surface area contributed by atoms with Gasteiger partial charge in [-0.2, -0.15) is 5.21 Å². The highest BCUT2D eigenvalue weighted by Gasteiger charge is 2.08. The Kier molecular flexibility index (Phi) is 4.81. The lowest BCUT2D eigenvalue weighted by Crippen LogP contribution is -2.22. The molecule has 6 heteroatoms. The molecular weight excluding hydrogens is 254 g/mol. The largest absolute Gasteiger partial charge is 0.393 e. The van der Waals surface area contributed by atoms with Crippen molar-refractivity contribution in [2.75, 3.05) is 13.6 Å². The van der Waals surface area contributed by atoms with Crippen molar-refractivity contribution in [3.63, 3.8) is 0 Å². The van der Waals surface area contributed by atoms with Crippen LogP contribution in [0.3, 0.4) is 0 Å². The van der Waals surface area contributed by atoms with Crippen molar-refractivity contribution in [2.45, 2.75) is 32.9 Å². The Hall–Kier alpha value is -1.79. The predicted octanol–water partition coefficient (Wildman–Crippen LogP) is 1.38. The van der Waals surface area contributed by atoms with Gasteiger partial charge in [0.05, 0.1) is 6.10 Å². The van der Waals surface area contributed by atoms with E-state index in [0.29, 0.717) is 5.82 Å². The summed E-state index contributed by atoms with van der Waals surface area (Å²) in [6.07, 6.45) is 0.538. The Labute approximate surface area is 118 Å². The molecule has 6 nitrogen and oxygen atoms in total. The summed E-state index contributed by atoms with van der Waals surface area (Å²) in [5.74, 6) is 0.622. The summed E-state index contributed by atoms with van der Waals surface area (Å²) in [7, 11) is 2.06. The van der Waals surface area contributed by atoms with Crippen LogP contribution < -0.4 is 0 Å². The summed E-state index contributed by atoms with van der Waals surface area (Å²) >= 11 is 0. The van der Waals surface area contributed by atoms with E-state index < -0.39 is 0 Å². The molecule has 108 valence electrons. The molecule has 0 aliphatic carbocycles. The third-order valence-corrected chi connectivity index (χ3v) is 3.26. The number of hydrogen-bond donors (Lipinski definition) is 2. The van der Waals surface area contributed by atoms with Crippen molar-refractivity contribution in [3.8, 4) is 11.4 Å². The van der Waals surface area contributed by atoms with Crippen molar-refractivity contribution < 1.29 is 5.11 Å². The van der Waals surface area contributed by atoms with E-state index in [1.807, 2.05) is 19.9 Å². The first kappa shape index (κ1) is 14.6. The van der Waals surface area contributed by atoms with Gasteiger partial charge in [-0.1, -0.05) is 18.2 Å². The lowest BCUT2D eigenvalue weighted by Gasteiger charge is -2.18. The fraction of sp³-hybridized carbons (Fsp3) is 0.500. The molecule has 0 amide bonds. The summed E-state index contributed by atoms with van der Waals surface area (Å²) in [5.41, 5.74) is 3.37. The average Bonchev–Trinajstić information content (AvgIpc) is 2.90. The lowest BCUT2D eigenvalue weighted by molar-refractivity contribution is 0.163. The Morgan fingerprint density at radius 3 is 2.80 bits per heavy atom. The Bertz CT molecular complexity index is 539. The van der Waals surface area contributed by atoms with Crippen LogP contribution in [-0.4, -0.2) is 50.3 Å². The Morgan fingerprint density at radius 1 is 1.40 bits per heavy atom. The first-order valence-corrected chi connectivity index (χ1v) is 6.76.